The number of aromatic hydroxyl groups is 2. The number of carbonyl (C=O) groups excluding carboxylic acids is 1. The summed E-state index contributed by atoms with van der Waals surface area (Å²) in [7, 11) is 0. The van der Waals surface area contributed by atoms with Crippen LogP contribution in [-0.2, 0) is 21.0 Å². The number of carboxylic acid groups (broad SMARTS) is 1. The van der Waals surface area contributed by atoms with E-state index in [0.717, 1.165) is 11.3 Å². The van der Waals surface area contributed by atoms with Gasteiger partial charge in [-0.1, -0.05) is 11.2 Å². The summed E-state index contributed by atoms with van der Waals surface area (Å²) in [6.07, 6.45) is 0. The molecule has 10 nitrogen and oxygen atoms in total. The Morgan fingerprint density at radius 1 is 1.33 bits per heavy atom. The number of nitrogens with one attached hydrogen (secondary N) is 1. The third-order valence-corrected chi connectivity index (χ3v) is 3.28. The minimum absolute atomic E-state index is 0.0971. The molecule has 0 aliphatic heterocycles. The molecule has 24 heavy (non-hydrogen) atoms. The average Bonchev–Trinajstić information content (AvgIpc) is 2.91. The van der Waals surface area contributed by atoms with E-state index >= 15 is 0 Å². The number of carboxylic acids is 1. The number of amides is 1. The zero-order chi connectivity index (χ0) is 17.7. The van der Waals surface area contributed by atoms with Crippen LogP contribution in [0.4, 0.5) is 10.9 Å². The van der Waals surface area contributed by atoms with Crippen LogP contribution in [0, 0.1) is 0 Å². The number of phenolic OH excluding ortho intramolecular Hbond substituents is 2. The molecule has 0 unspecified atom stereocenters. The molecule has 1 aromatic heterocycles. The van der Waals surface area contributed by atoms with Crippen molar-refractivity contribution in [2.45, 2.75) is 6.61 Å². The molecule has 0 saturated heterocycles. The fourth-order valence-electron chi connectivity index (χ4n) is 1.53. The quantitative estimate of drug-likeness (QED) is 0.219. The highest BCUT2D eigenvalue weighted by Gasteiger charge is 2.22. The van der Waals surface area contributed by atoms with Crippen molar-refractivity contribution in [3.05, 3.63) is 29.1 Å². The van der Waals surface area contributed by atoms with Crippen molar-refractivity contribution in [1.82, 2.24) is 4.98 Å². The molecule has 0 fully saturated rings. The number of oxime groups is 1. The molecule has 1 aromatic carbocycles. The average molecular weight is 352 g/mol. The molecule has 0 bridgehead atoms. The fourth-order valence-corrected chi connectivity index (χ4v) is 2.02. The number of benzene rings is 1. The van der Waals surface area contributed by atoms with Gasteiger partial charge in [0.1, 0.15) is 12.4 Å². The van der Waals surface area contributed by atoms with Gasteiger partial charge in [0.2, 0.25) is 0 Å². The molecule has 126 valence electrons. The van der Waals surface area contributed by atoms with Crippen molar-refractivity contribution in [2.75, 3.05) is 11.1 Å². The molecule has 6 N–H and O–H groups in total. The number of nitrogen functional groups attached to an aromatic ring is 1. The van der Waals surface area contributed by atoms with Crippen molar-refractivity contribution in [3.8, 4) is 11.5 Å². The Hall–Kier alpha value is -3.34. The van der Waals surface area contributed by atoms with Crippen LogP contribution in [0.25, 0.3) is 0 Å². The number of carbonyl (C=O) groups is 2. The summed E-state index contributed by atoms with van der Waals surface area (Å²) in [5.41, 5.74) is 4.93. The molecule has 2 aromatic rings. The monoisotopic (exact) mass is 352 g/mol. The number of aliphatic carboxylic acids is 1. The van der Waals surface area contributed by atoms with Gasteiger partial charge in [-0.15, -0.1) is 11.3 Å². The van der Waals surface area contributed by atoms with Crippen LogP contribution < -0.4 is 11.1 Å². The summed E-state index contributed by atoms with van der Waals surface area (Å²) in [6.45, 7) is -0.221. The van der Waals surface area contributed by atoms with Gasteiger partial charge < -0.3 is 31.2 Å². The van der Waals surface area contributed by atoms with E-state index in [1.54, 1.807) is 0 Å². The number of aromatic nitrogens is 1. The molecule has 11 heteroatoms. The molecular formula is C13H12N4O6S. The SMILES string of the molecule is Nc1nc(NC(=O)C(=NOCc2ccc(O)c(O)c2)C(=O)O)cs1. The Balaban J connectivity index is 2.03. The highest BCUT2D eigenvalue weighted by atomic mass is 32.1. The van der Waals surface area contributed by atoms with Crippen LogP contribution in [-0.4, -0.2) is 37.9 Å². The molecule has 0 radical (unpaired) electrons. The number of hydrogen-bond acceptors (Lipinski definition) is 9. The first-order valence-electron chi connectivity index (χ1n) is 6.33. The molecule has 1 heterocycles. The van der Waals surface area contributed by atoms with E-state index < -0.39 is 17.6 Å². The van der Waals surface area contributed by atoms with Gasteiger partial charge in [0, 0.05) is 5.38 Å². The molecule has 0 aliphatic carbocycles. The lowest BCUT2D eigenvalue weighted by molar-refractivity contribution is -0.130. The zero-order valence-electron chi connectivity index (χ0n) is 12.0. The minimum atomic E-state index is -1.59. The third-order valence-electron chi connectivity index (χ3n) is 2.61. The van der Waals surface area contributed by atoms with Crippen molar-refractivity contribution in [2.24, 2.45) is 5.16 Å². The van der Waals surface area contributed by atoms with Crippen LogP contribution in [0.5, 0.6) is 11.5 Å². The maximum Gasteiger partial charge on any atom is 0.363 e. The second kappa shape index (κ2) is 7.28. The standard InChI is InChI=1S/C13H12N4O6S/c14-13-16-9(5-24-13)15-11(20)10(12(21)22)17-23-4-6-1-2-7(18)8(19)3-6/h1-3,5,18-19H,4H2,(H2,14,16)(H,15,20)(H,21,22). The number of rotatable bonds is 6. The van der Waals surface area contributed by atoms with E-state index in [0.29, 0.717) is 5.56 Å². The maximum atomic E-state index is 11.9. The second-order valence-electron chi connectivity index (χ2n) is 4.37. The predicted molar refractivity (Wildman–Crippen MR) is 84.8 cm³/mol. The zero-order valence-corrected chi connectivity index (χ0v) is 12.8. The van der Waals surface area contributed by atoms with E-state index in [1.165, 1.54) is 23.6 Å². The van der Waals surface area contributed by atoms with E-state index in [2.05, 4.69) is 15.5 Å². The van der Waals surface area contributed by atoms with Gasteiger partial charge in [0.15, 0.2) is 16.6 Å². The predicted octanol–water partition coefficient (Wildman–Crippen LogP) is 0.732. The number of nitrogens with zero attached hydrogens (tertiary/aromatic N) is 2. The van der Waals surface area contributed by atoms with Crippen molar-refractivity contribution < 1.29 is 29.7 Å². The number of phenols is 2. The lowest BCUT2D eigenvalue weighted by Crippen LogP contribution is -2.30. The lowest BCUT2D eigenvalue weighted by Gasteiger charge is -2.04. The van der Waals surface area contributed by atoms with Crippen molar-refractivity contribution in [3.63, 3.8) is 0 Å². The van der Waals surface area contributed by atoms with E-state index in [1.807, 2.05) is 0 Å². The van der Waals surface area contributed by atoms with Gasteiger partial charge in [-0.3, -0.25) is 4.79 Å². The number of anilines is 2. The molecule has 0 aliphatic rings. The summed E-state index contributed by atoms with van der Waals surface area (Å²) in [5.74, 6) is -3.20. The molecule has 2 rings (SSSR count). The van der Waals surface area contributed by atoms with Gasteiger partial charge >= 0.3 is 5.97 Å². The fraction of sp³-hybridized carbons (Fsp3) is 0.0769. The van der Waals surface area contributed by atoms with E-state index in [4.69, 9.17) is 15.7 Å². The smallest absolute Gasteiger partial charge is 0.363 e. The topological polar surface area (TPSA) is 167 Å². The van der Waals surface area contributed by atoms with Crippen LogP contribution in [0.2, 0.25) is 0 Å². The molecule has 0 saturated carbocycles. The van der Waals surface area contributed by atoms with E-state index in [-0.39, 0.29) is 29.1 Å². The summed E-state index contributed by atoms with van der Waals surface area (Å²) < 4.78 is 0. The summed E-state index contributed by atoms with van der Waals surface area (Å²) >= 11 is 1.07. The second-order valence-corrected chi connectivity index (χ2v) is 5.26. The molecule has 1 amide bonds. The summed E-state index contributed by atoms with van der Waals surface area (Å²) in [6, 6.07) is 3.88. The first kappa shape index (κ1) is 17.0. The van der Waals surface area contributed by atoms with Crippen molar-refractivity contribution >= 4 is 39.9 Å². The first-order chi connectivity index (χ1) is 11.4. The number of thiazole rings is 1. The van der Waals surface area contributed by atoms with Gasteiger partial charge in [-0.2, -0.15) is 0 Å². The molecule has 0 atom stereocenters. The van der Waals surface area contributed by atoms with Crippen LogP contribution in [0.15, 0.2) is 28.7 Å². The summed E-state index contributed by atoms with van der Waals surface area (Å²) in [5, 5.41) is 34.7. The van der Waals surface area contributed by atoms with E-state index in [9.17, 15) is 19.8 Å². The molecular weight excluding hydrogens is 340 g/mol. The van der Waals surface area contributed by atoms with Crippen molar-refractivity contribution in [1.29, 1.82) is 0 Å². The van der Waals surface area contributed by atoms with Crippen LogP contribution >= 0.6 is 11.3 Å². The lowest BCUT2D eigenvalue weighted by atomic mass is 10.2. The highest BCUT2D eigenvalue weighted by molar-refractivity contribution is 7.13. The van der Waals surface area contributed by atoms with Gasteiger partial charge in [-0.05, 0) is 17.7 Å². The third kappa shape index (κ3) is 4.33. The number of hydrogen-bond donors (Lipinski definition) is 5. The Morgan fingerprint density at radius 2 is 2.08 bits per heavy atom. The van der Waals surface area contributed by atoms with Gasteiger partial charge in [0.05, 0.1) is 0 Å². The van der Waals surface area contributed by atoms with Gasteiger partial charge in [0.25, 0.3) is 11.6 Å². The van der Waals surface area contributed by atoms with Crippen LogP contribution in [0.1, 0.15) is 5.56 Å². The minimum Gasteiger partial charge on any atom is -0.504 e. The maximum absolute atomic E-state index is 11.9. The Kier molecular flexibility index (Phi) is 5.16. The molecule has 0 spiro atoms. The Labute approximate surface area is 138 Å². The largest absolute Gasteiger partial charge is 0.504 e. The normalized spacial score (nSPS) is 11.1. The van der Waals surface area contributed by atoms with Crippen LogP contribution in [0.3, 0.4) is 0 Å². The summed E-state index contributed by atoms with van der Waals surface area (Å²) in [4.78, 5) is 31.5. The number of nitrogens with two attached hydrogens (primary N) is 1. The Morgan fingerprint density at radius 3 is 2.67 bits per heavy atom. The van der Waals surface area contributed by atoms with Gasteiger partial charge in [-0.25, -0.2) is 9.78 Å². The first-order valence-corrected chi connectivity index (χ1v) is 7.21. The highest BCUT2D eigenvalue weighted by Crippen LogP contribution is 2.25. The Bertz CT molecular complexity index is 804.